The van der Waals surface area contributed by atoms with Crippen molar-refractivity contribution in [3.05, 3.63) is 35.5 Å². The SMILES string of the molecule is OCCC1CN[C@@H]2Cc3c[nH]c4cccc(c34)[C@H]2C1. The molecule has 0 spiro atoms. The summed E-state index contributed by atoms with van der Waals surface area (Å²) in [6.07, 6.45) is 5.44. The summed E-state index contributed by atoms with van der Waals surface area (Å²) in [5.41, 5.74) is 4.23. The van der Waals surface area contributed by atoms with Gasteiger partial charge in [0.15, 0.2) is 0 Å². The summed E-state index contributed by atoms with van der Waals surface area (Å²) in [6.45, 7) is 1.36. The number of hydrogen-bond acceptors (Lipinski definition) is 2. The maximum absolute atomic E-state index is 9.16. The van der Waals surface area contributed by atoms with Crippen LogP contribution in [-0.4, -0.2) is 29.3 Å². The fourth-order valence-corrected chi connectivity index (χ4v) is 4.02. The lowest BCUT2D eigenvalue weighted by molar-refractivity contribution is 0.205. The van der Waals surface area contributed by atoms with E-state index >= 15 is 0 Å². The van der Waals surface area contributed by atoms with Gasteiger partial charge in [0.25, 0.3) is 0 Å². The summed E-state index contributed by atoms with van der Waals surface area (Å²) in [7, 11) is 0. The second-order valence-electron chi connectivity index (χ2n) is 6.02. The lowest BCUT2D eigenvalue weighted by Gasteiger charge is -2.40. The molecule has 1 aliphatic carbocycles. The molecule has 19 heavy (non-hydrogen) atoms. The van der Waals surface area contributed by atoms with E-state index in [4.69, 9.17) is 5.11 Å². The van der Waals surface area contributed by atoms with E-state index in [1.807, 2.05) is 0 Å². The maximum atomic E-state index is 9.16. The Hall–Kier alpha value is -1.32. The summed E-state index contributed by atoms with van der Waals surface area (Å²) in [4.78, 5) is 3.40. The zero-order valence-electron chi connectivity index (χ0n) is 11.0. The first-order valence-electron chi connectivity index (χ1n) is 7.30. The molecule has 3 atom stereocenters. The van der Waals surface area contributed by atoms with Crippen molar-refractivity contribution in [3.63, 3.8) is 0 Å². The molecule has 2 aromatic rings. The number of fused-ring (bicyclic) bond motifs is 2. The fraction of sp³-hybridized carbons (Fsp3) is 0.500. The highest BCUT2D eigenvalue weighted by molar-refractivity contribution is 5.88. The van der Waals surface area contributed by atoms with Crippen molar-refractivity contribution >= 4 is 10.9 Å². The van der Waals surface area contributed by atoms with Crippen molar-refractivity contribution in [1.29, 1.82) is 0 Å². The van der Waals surface area contributed by atoms with Gasteiger partial charge in [-0.05, 0) is 48.9 Å². The van der Waals surface area contributed by atoms with Gasteiger partial charge >= 0.3 is 0 Å². The predicted molar refractivity (Wildman–Crippen MR) is 76.3 cm³/mol. The first kappa shape index (κ1) is 11.5. The van der Waals surface area contributed by atoms with E-state index in [-0.39, 0.29) is 0 Å². The number of benzene rings is 1. The first-order chi connectivity index (χ1) is 9.36. The molecule has 100 valence electrons. The summed E-state index contributed by atoms with van der Waals surface area (Å²) in [5, 5.41) is 14.3. The molecular formula is C16H20N2O. The molecule has 4 rings (SSSR count). The van der Waals surface area contributed by atoms with Crippen LogP contribution in [0.4, 0.5) is 0 Å². The molecule has 1 unspecified atom stereocenters. The Balaban J connectivity index is 1.76. The van der Waals surface area contributed by atoms with Crippen LogP contribution < -0.4 is 5.32 Å². The van der Waals surface area contributed by atoms with E-state index in [1.54, 1.807) is 0 Å². The van der Waals surface area contributed by atoms with Gasteiger partial charge in [0.1, 0.15) is 0 Å². The van der Waals surface area contributed by atoms with E-state index in [0.717, 1.165) is 19.4 Å². The molecule has 1 aliphatic heterocycles. The van der Waals surface area contributed by atoms with Crippen LogP contribution in [0.1, 0.15) is 29.9 Å². The van der Waals surface area contributed by atoms with Gasteiger partial charge in [0.2, 0.25) is 0 Å². The van der Waals surface area contributed by atoms with Crippen molar-refractivity contribution in [2.24, 2.45) is 5.92 Å². The van der Waals surface area contributed by atoms with Gasteiger partial charge in [-0.3, -0.25) is 0 Å². The van der Waals surface area contributed by atoms with Gasteiger partial charge in [0.05, 0.1) is 0 Å². The lowest BCUT2D eigenvalue weighted by Crippen LogP contribution is -2.46. The molecule has 2 heterocycles. The highest BCUT2D eigenvalue weighted by Crippen LogP contribution is 2.42. The van der Waals surface area contributed by atoms with Crippen molar-refractivity contribution in [2.45, 2.75) is 31.2 Å². The van der Waals surface area contributed by atoms with E-state index in [9.17, 15) is 0 Å². The van der Waals surface area contributed by atoms with Gasteiger partial charge < -0.3 is 15.4 Å². The number of aromatic amines is 1. The number of aliphatic hydroxyl groups is 1. The third-order valence-electron chi connectivity index (χ3n) is 4.94. The van der Waals surface area contributed by atoms with Crippen LogP contribution in [0, 0.1) is 5.92 Å². The van der Waals surface area contributed by atoms with E-state index < -0.39 is 0 Å². The third-order valence-corrected chi connectivity index (χ3v) is 4.94. The smallest absolute Gasteiger partial charge is 0.0459 e. The average molecular weight is 256 g/mol. The van der Waals surface area contributed by atoms with Crippen molar-refractivity contribution in [2.75, 3.05) is 13.2 Å². The molecule has 0 bridgehead atoms. The second kappa shape index (κ2) is 4.36. The van der Waals surface area contributed by atoms with Gasteiger partial charge in [0, 0.05) is 35.7 Å². The van der Waals surface area contributed by atoms with Gasteiger partial charge in [-0.25, -0.2) is 0 Å². The molecule has 3 nitrogen and oxygen atoms in total. The largest absolute Gasteiger partial charge is 0.396 e. The highest BCUT2D eigenvalue weighted by Gasteiger charge is 2.35. The Morgan fingerprint density at radius 3 is 3.16 bits per heavy atom. The second-order valence-corrected chi connectivity index (χ2v) is 6.02. The van der Waals surface area contributed by atoms with Crippen LogP contribution in [0.5, 0.6) is 0 Å². The Morgan fingerprint density at radius 2 is 2.26 bits per heavy atom. The fourth-order valence-electron chi connectivity index (χ4n) is 4.02. The van der Waals surface area contributed by atoms with Crippen LogP contribution in [0.2, 0.25) is 0 Å². The summed E-state index contributed by atoms with van der Waals surface area (Å²) in [5.74, 6) is 1.22. The first-order valence-corrected chi connectivity index (χ1v) is 7.30. The zero-order valence-corrected chi connectivity index (χ0v) is 11.0. The molecular weight excluding hydrogens is 236 g/mol. The molecule has 3 heteroatoms. The quantitative estimate of drug-likeness (QED) is 0.771. The van der Waals surface area contributed by atoms with Gasteiger partial charge in [-0.15, -0.1) is 0 Å². The summed E-state index contributed by atoms with van der Waals surface area (Å²) < 4.78 is 0. The molecule has 1 fully saturated rings. The standard InChI is InChI=1S/C16H20N2O/c19-5-4-10-6-13-12-2-1-3-14-16(12)11(9-18-14)7-15(13)17-8-10/h1-3,9-10,13,15,17-19H,4-8H2/t10?,13-,15-/m1/s1. The number of aliphatic hydroxyl groups excluding tert-OH is 1. The molecule has 3 N–H and O–H groups in total. The predicted octanol–water partition coefficient (Wildman–Crippen LogP) is 2.17. The van der Waals surface area contributed by atoms with Crippen LogP contribution in [0.15, 0.2) is 24.4 Å². The minimum absolute atomic E-state index is 0.309. The normalized spacial score (nSPS) is 29.4. The number of H-pyrrole nitrogens is 1. The molecule has 0 amide bonds. The van der Waals surface area contributed by atoms with Crippen LogP contribution >= 0.6 is 0 Å². The Labute approximate surface area is 113 Å². The van der Waals surface area contributed by atoms with Crippen LogP contribution in [-0.2, 0) is 6.42 Å². The number of aromatic nitrogens is 1. The summed E-state index contributed by atoms with van der Waals surface area (Å²) >= 11 is 0. The number of piperidine rings is 1. The zero-order chi connectivity index (χ0) is 12.8. The third kappa shape index (κ3) is 1.72. The maximum Gasteiger partial charge on any atom is 0.0459 e. The highest BCUT2D eigenvalue weighted by atomic mass is 16.3. The minimum atomic E-state index is 0.309. The Bertz CT molecular complexity index is 604. The number of nitrogens with one attached hydrogen (secondary N) is 2. The van der Waals surface area contributed by atoms with Crippen molar-refractivity contribution in [3.8, 4) is 0 Å². The van der Waals surface area contributed by atoms with Gasteiger partial charge in [-0.1, -0.05) is 12.1 Å². The molecule has 2 aliphatic rings. The van der Waals surface area contributed by atoms with E-state index in [1.165, 1.54) is 28.5 Å². The van der Waals surface area contributed by atoms with Crippen LogP contribution in [0.25, 0.3) is 10.9 Å². The molecule has 1 aromatic heterocycles. The Kier molecular flexibility index (Phi) is 2.64. The summed E-state index contributed by atoms with van der Waals surface area (Å²) in [6, 6.07) is 7.20. The lowest BCUT2D eigenvalue weighted by atomic mass is 9.73. The Morgan fingerprint density at radius 1 is 1.32 bits per heavy atom. The molecule has 1 saturated heterocycles. The molecule has 0 radical (unpaired) electrons. The average Bonchev–Trinajstić information content (AvgIpc) is 2.85. The molecule has 0 saturated carbocycles. The number of hydrogen-bond donors (Lipinski definition) is 3. The van der Waals surface area contributed by atoms with Crippen LogP contribution in [0.3, 0.4) is 0 Å². The van der Waals surface area contributed by atoms with Gasteiger partial charge in [-0.2, -0.15) is 0 Å². The molecule has 1 aromatic carbocycles. The minimum Gasteiger partial charge on any atom is -0.396 e. The van der Waals surface area contributed by atoms with E-state index in [2.05, 4.69) is 34.7 Å². The van der Waals surface area contributed by atoms with Crippen molar-refractivity contribution < 1.29 is 5.11 Å². The number of rotatable bonds is 2. The topological polar surface area (TPSA) is 48.0 Å². The van der Waals surface area contributed by atoms with E-state index in [0.29, 0.717) is 24.5 Å². The monoisotopic (exact) mass is 256 g/mol. The van der Waals surface area contributed by atoms with Crippen molar-refractivity contribution in [1.82, 2.24) is 10.3 Å².